The quantitative estimate of drug-likeness (QED) is 0.610. The number of aromatic nitrogens is 1. The largest absolute Gasteiger partial charge is 0.493 e. The number of amidine groups is 1. The summed E-state index contributed by atoms with van der Waals surface area (Å²) in [5.41, 5.74) is 4.55. The molecule has 0 spiro atoms. The predicted octanol–water partition coefficient (Wildman–Crippen LogP) is 4.68. The minimum atomic E-state index is -0.0506. The van der Waals surface area contributed by atoms with Crippen LogP contribution >= 0.6 is 11.6 Å². The molecule has 2 aliphatic rings. The van der Waals surface area contributed by atoms with Crippen molar-refractivity contribution in [3.8, 4) is 5.75 Å². The number of carbonyl (C=O) groups is 1. The minimum Gasteiger partial charge on any atom is -0.493 e. The Balaban J connectivity index is 1.26. The molecule has 0 bridgehead atoms. The van der Waals surface area contributed by atoms with Gasteiger partial charge in [-0.25, -0.2) is 0 Å². The van der Waals surface area contributed by atoms with E-state index in [9.17, 15) is 4.79 Å². The number of hydrogen-bond acceptors (Lipinski definition) is 5. The van der Waals surface area contributed by atoms with E-state index in [1.54, 1.807) is 6.20 Å². The molecule has 2 N–H and O–H groups in total. The Hall–Kier alpha value is -3.38. The zero-order chi connectivity index (χ0) is 21.9. The fraction of sp³-hybridized carbons (Fsp3) is 0.240. The van der Waals surface area contributed by atoms with E-state index in [1.807, 2.05) is 54.6 Å². The van der Waals surface area contributed by atoms with E-state index >= 15 is 0 Å². The van der Waals surface area contributed by atoms with Crippen molar-refractivity contribution in [3.05, 3.63) is 88.2 Å². The number of anilines is 1. The summed E-state index contributed by atoms with van der Waals surface area (Å²) in [5, 5.41) is 7.08. The third kappa shape index (κ3) is 4.32. The van der Waals surface area contributed by atoms with Crippen LogP contribution in [0.15, 0.2) is 65.8 Å². The highest BCUT2D eigenvalue weighted by Gasteiger charge is 2.22. The molecule has 1 amide bonds. The van der Waals surface area contributed by atoms with Crippen molar-refractivity contribution in [2.75, 3.05) is 11.9 Å². The molecule has 5 rings (SSSR count). The van der Waals surface area contributed by atoms with Crippen LogP contribution in [-0.4, -0.2) is 23.3 Å². The van der Waals surface area contributed by atoms with Gasteiger partial charge in [-0.15, -0.1) is 0 Å². The number of para-hydroxylation sites is 2. The van der Waals surface area contributed by atoms with Gasteiger partial charge in [0.2, 0.25) is 5.91 Å². The lowest BCUT2D eigenvalue weighted by Crippen LogP contribution is -2.30. The average molecular weight is 447 g/mol. The Bertz CT molecular complexity index is 1190. The second-order valence-electron chi connectivity index (χ2n) is 7.93. The third-order valence-corrected chi connectivity index (χ3v) is 6.03. The minimum absolute atomic E-state index is 0.0486. The number of carbonyl (C=O) groups excluding carboxylic acids is 1. The summed E-state index contributed by atoms with van der Waals surface area (Å²) in [6.45, 7) is 1.22. The van der Waals surface area contributed by atoms with E-state index in [0.717, 1.165) is 52.5 Å². The molecule has 2 aromatic carbocycles. The predicted molar refractivity (Wildman–Crippen MR) is 125 cm³/mol. The van der Waals surface area contributed by atoms with Gasteiger partial charge in [0.05, 0.1) is 42.0 Å². The van der Waals surface area contributed by atoms with E-state index in [-0.39, 0.29) is 18.4 Å². The van der Waals surface area contributed by atoms with E-state index in [0.29, 0.717) is 18.2 Å². The van der Waals surface area contributed by atoms with Gasteiger partial charge in [-0.2, -0.15) is 0 Å². The molecule has 0 radical (unpaired) electrons. The second-order valence-corrected chi connectivity index (χ2v) is 8.34. The molecule has 1 aromatic heterocycles. The summed E-state index contributed by atoms with van der Waals surface area (Å²) < 4.78 is 5.80. The van der Waals surface area contributed by atoms with Gasteiger partial charge in [0, 0.05) is 17.3 Å². The first-order valence-electron chi connectivity index (χ1n) is 10.7. The Morgan fingerprint density at radius 3 is 2.91 bits per heavy atom. The van der Waals surface area contributed by atoms with Crippen LogP contribution in [0, 0.1) is 0 Å². The number of pyridine rings is 1. The molecule has 2 aliphatic heterocycles. The van der Waals surface area contributed by atoms with Crippen molar-refractivity contribution in [1.82, 2.24) is 10.3 Å². The van der Waals surface area contributed by atoms with Crippen molar-refractivity contribution in [2.24, 2.45) is 4.99 Å². The topological polar surface area (TPSA) is 75.6 Å². The van der Waals surface area contributed by atoms with E-state index < -0.39 is 0 Å². The van der Waals surface area contributed by atoms with Gasteiger partial charge in [0.15, 0.2) is 0 Å². The zero-order valence-corrected chi connectivity index (χ0v) is 18.2. The van der Waals surface area contributed by atoms with Gasteiger partial charge in [-0.05, 0) is 42.7 Å². The molecule has 32 heavy (non-hydrogen) atoms. The lowest BCUT2D eigenvalue weighted by atomic mass is 10.0. The first-order chi connectivity index (χ1) is 15.7. The monoisotopic (exact) mass is 446 g/mol. The summed E-state index contributed by atoms with van der Waals surface area (Å²) in [5.74, 6) is 1.54. The number of nitrogens with zero attached hydrogens (tertiary/aromatic N) is 2. The molecular formula is C25H23ClN4O2. The Morgan fingerprint density at radius 1 is 1.16 bits per heavy atom. The lowest BCUT2D eigenvalue weighted by Gasteiger charge is -2.18. The molecule has 162 valence electrons. The van der Waals surface area contributed by atoms with Gasteiger partial charge in [0.1, 0.15) is 11.6 Å². The molecule has 3 heterocycles. The summed E-state index contributed by atoms with van der Waals surface area (Å²) >= 11 is 6.25. The number of amides is 1. The van der Waals surface area contributed by atoms with Crippen molar-refractivity contribution in [2.45, 2.75) is 31.8 Å². The van der Waals surface area contributed by atoms with Gasteiger partial charge >= 0.3 is 0 Å². The maximum absolute atomic E-state index is 12.8. The maximum atomic E-state index is 12.8. The van der Waals surface area contributed by atoms with E-state index in [1.165, 1.54) is 0 Å². The van der Waals surface area contributed by atoms with E-state index in [2.05, 4.69) is 20.6 Å². The van der Waals surface area contributed by atoms with Crippen LogP contribution in [-0.2, 0) is 17.8 Å². The molecule has 6 nitrogen and oxygen atoms in total. The highest BCUT2D eigenvalue weighted by Crippen LogP contribution is 2.31. The fourth-order valence-corrected chi connectivity index (χ4v) is 4.30. The highest BCUT2D eigenvalue weighted by atomic mass is 35.5. The van der Waals surface area contributed by atoms with Crippen molar-refractivity contribution in [3.63, 3.8) is 0 Å². The Morgan fingerprint density at radius 2 is 2.00 bits per heavy atom. The molecule has 0 fully saturated rings. The molecule has 7 heteroatoms. The molecule has 0 unspecified atom stereocenters. The van der Waals surface area contributed by atoms with Gasteiger partial charge < -0.3 is 15.4 Å². The molecule has 3 aromatic rings. The van der Waals surface area contributed by atoms with Gasteiger partial charge in [-0.3, -0.25) is 14.8 Å². The third-order valence-electron chi connectivity index (χ3n) is 5.70. The molecule has 0 saturated heterocycles. The summed E-state index contributed by atoms with van der Waals surface area (Å²) in [6.07, 6.45) is 3.75. The van der Waals surface area contributed by atoms with Crippen LogP contribution in [0.4, 0.5) is 5.69 Å². The van der Waals surface area contributed by atoms with Crippen molar-refractivity contribution >= 4 is 29.0 Å². The zero-order valence-electron chi connectivity index (χ0n) is 17.5. The molecule has 1 atom stereocenters. The van der Waals surface area contributed by atoms with Crippen LogP contribution in [0.3, 0.4) is 0 Å². The van der Waals surface area contributed by atoms with Crippen LogP contribution in [0.5, 0.6) is 5.75 Å². The van der Waals surface area contributed by atoms with Crippen LogP contribution in [0.2, 0.25) is 5.02 Å². The lowest BCUT2D eigenvalue weighted by molar-refractivity contribution is -0.121. The van der Waals surface area contributed by atoms with Crippen LogP contribution < -0.4 is 15.4 Å². The average Bonchev–Trinajstić information content (AvgIpc) is 3.08. The van der Waals surface area contributed by atoms with Crippen LogP contribution in [0.25, 0.3) is 0 Å². The van der Waals surface area contributed by atoms with Crippen molar-refractivity contribution in [1.29, 1.82) is 0 Å². The van der Waals surface area contributed by atoms with Crippen LogP contribution in [0.1, 0.15) is 41.3 Å². The number of rotatable bonds is 4. The maximum Gasteiger partial charge on any atom is 0.226 e. The second kappa shape index (κ2) is 9.01. The number of benzene rings is 2. The molecule has 0 saturated carbocycles. The number of halogens is 1. The first-order valence-corrected chi connectivity index (χ1v) is 11.1. The first kappa shape index (κ1) is 20.5. The number of nitrogens with one attached hydrogen (secondary N) is 2. The highest BCUT2D eigenvalue weighted by molar-refractivity contribution is 6.34. The number of fused-ring (bicyclic) bond motifs is 2. The van der Waals surface area contributed by atoms with Gasteiger partial charge in [-0.1, -0.05) is 41.9 Å². The fourth-order valence-electron chi connectivity index (χ4n) is 4.12. The Kier molecular flexibility index (Phi) is 5.77. The molecule has 0 aliphatic carbocycles. The Labute approximate surface area is 191 Å². The summed E-state index contributed by atoms with van der Waals surface area (Å²) in [6, 6.07) is 17.4. The smallest absolute Gasteiger partial charge is 0.226 e. The normalized spacial score (nSPS) is 16.8. The number of hydrogen-bond donors (Lipinski definition) is 2. The number of ether oxygens (including phenoxy) is 1. The molecular weight excluding hydrogens is 424 g/mol. The summed E-state index contributed by atoms with van der Waals surface area (Å²) in [7, 11) is 0. The number of aliphatic imine (C=N–C) groups is 1. The SMILES string of the molecule is O=C(Cc1cc2c(cn1)C(Nc1ccccc1Cl)=NC2)N[C@@H]1CCCOc2ccccc21. The van der Waals surface area contributed by atoms with Crippen molar-refractivity contribution < 1.29 is 9.53 Å². The van der Waals surface area contributed by atoms with Gasteiger partial charge in [0.25, 0.3) is 0 Å². The standard InChI is InChI=1S/C25H23ClN4O2/c26-20-7-2-3-8-22(20)30-25-19-15-27-17(12-16(19)14-28-25)13-24(31)29-21-9-5-11-32-23-10-4-1-6-18(21)23/h1-4,6-8,10,12,15,21H,5,9,11,13-14H2,(H,28,30)(H,29,31)/t21-/m1/s1. The summed E-state index contributed by atoms with van der Waals surface area (Å²) in [4.78, 5) is 21.9. The van der Waals surface area contributed by atoms with E-state index in [4.69, 9.17) is 16.3 Å².